The summed E-state index contributed by atoms with van der Waals surface area (Å²) < 4.78 is 0. The van der Waals surface area contributed by atoms with Crippen LogP contribution in [0.1, 0.15) is 30.7 Å². The zero-order valence-electron chi connectivity index (χ0n) is 14.1. The Bertz CT molecular complexity index is 530. The van der Waals surface area contributed by atoms with Crippen LogP contribution in [0.5, 0.6) is 0 Å². The highest BCUT2D eigenvalue weighted by Crippen LogP contribution is 2.32. The van der Waals surface area contributed by atoms with Crippen LogP contribution in [0.2, 0.25) is 0 Å². The summed E-state index contributed by atoms with van der Waals surface area (Å²) in [6, 6.07) is 10.3. The number of hydrogen-bond donors (Lipinski definition) is 1. The Kier molecular flexibility index (Phi) is 6.16. The number of likely N-dealkylation sites (tertiary alicyclic amines) is 1. The molecule has 0 aromatic heterocycles. The summed E-state index contributed by atoms with van der Waals surface area (Å²) in [5.74, 6) is 0.827. The van der Waals surface area contributed by atoms with Gasteiger partial charge in [-0.2, -0.15) is 0 Å². The molecular weight excluding hydrogens is 290 g/mol. The van der Waals surface area contributed by atoms with E-state index in [0.717, 1.165) is 13.1 Å². The molecule has 1 saturated heterocycles. The Morgan fingerprint density at radius 1 is 1.17 bits per heavy atom. The van der Waals surface area contributed by atoms with Crippen LogP contribution in [0, 0.1) is 5.92 Å². The average Bonchev–Trinajstić information content (AvgIpc) is 2.99. The summed E-state index contributed by atoms with van der Waals surface area (Å²) in [7, 11) is 3.47. The van der Waals surface area contributed by atoms with E-state index in [1.54, 1.807) is 19.0 Å². The van der Waals surface area contributed by atoms with E-state index >= 15 is 0 Å². The lowest BCUT2D eigenvalue weighted by Crippen LogP contribution is -2.30. The van der Waals surface area contributed by atoms with Crippen LogP contribution in [0.4, 0.5) is 0 Å². The van der Waals surface area contributed by atoms with Crippen molar-refractivity contribution in [3.63, 3.8) is 0 Å². The quantitative estimate of drug-likeness (QED) is 0.863. The molecule has 1 fully saturated rings. The number of nitrogens with zero attached hydrogens (tertiary/aromatic N) is 2. The minimum Gasteiger partial charge on any atom is -0.349 e. The lowest BCUT2D eigenvalue weighted by atomic mass is 9.89. The first-order chi connectivity index (χ1) is 11.0. The molecule has 1 aliphatic heterocycles. The molecule has 5 heteroatoms. The van der Waals surface area contributed by atoms with Crippen molar-refractivity contribution in [3.05, 3.63) is 35.9 Å². The highest BCUT2D eigenvalue weighted by atomic mass is 16.2. The first-order valence-corrected chi connectivity index (χ1v) is 8.26. The van der Waals surface area contributed by atoms with Gasteiger partial charge >= 0.3 is 0 Å². The summed E-state index contributed by atoms with van der Waals surface area (Å²) >= 11 is 0. The highest BCUT2D eigenvalue weighted by Gasteiger charge is 2.34. The van der Waals surface area contributed by atoms with E-state index in [-0.39, 0.29) is 11.8 Å². The van der Waals surface area contributed by atoms with Crippen molar-refractivity contribution in [2.75, 3.05) is 33.7 Å². The van der Waals surface area contributed by atoms with Gasteiger partial charge in [-0.25, -0.2) is 0 Å². The van der Waals surface area contributed by atoms with Crippen LogP contribution in [-0.2, 0) is 9.59 Å². The zero-order valence-corrected chi connectivity index (χ0v) is 14.1. The topological polar surface area (TPSA) is 66.6 Å². The predicted molar refractivity (Wildman–Crippen MR) is 90.9 cm³/mol. The number of carbonyl (C=O) groups excluding carboxylic acids is 2. The van der Waals surface area contributed by atoms with E-state index in [1.807, 2.05) is 23.1 Å². The Hall–Kier alpha value is -1.88. The summed E-state index contributed by atoms with van der Waals surface area (Å²) in [5, 5.41) is 0. The number of hydrogen-bond acceptors (Lipinski definition) is 3. The van der Waals surface area contributed by atoms with Gasteiger partial charge in [-0.3, -0.25) is 9.59 Å². The molecule has 1 aromatic carbocycles. The van der Waals surface area contributed by atoms with Crippen LogP contribution in [0.25, 0.3) is 0 Å². The first-order valence-electron chi connectivity index (χ1n) is 8.26. The number of amides is 2. The SMILES string of the molecule is CN(C)C(=O)CCCC(=O)N1C[C@@H](CN)[C@H](c2ccccc2)C1. The van der Waals surface area contributed by atoms with Gasteiger partial charge in [0.05, 0.1) is 0 Å². The fourth-order valence-electron chi connectivity index (χ4n) is 3.16. The summed E-state index contributed by atoms with van der Waals surface area (Å²) in [6.07, 6.45) is 1.46. The van der Waals surface area contributed by atoms with Crippen LogP contribution >= 0.6 is 0 Å². The smallest absolute Gasteiger partial charge is 0.222 e. The fraction of sp³-hybridized carbons (Fsp3) is 0.556. The first kappa shape index (κ1) is 17.5. The Balaban J connectivity index is 1.89. The molecule has 1 aliphatic rings. The van der Waals surface area contributed by atoms with Crippen molar-refractivity contribution in [3.8, 4) is 0 Å². The largest absolute Gasteiger partial charge is 0.349 e. The molecule has 2 amide bonds. The van der Waals surface area contributed by atoms with Crippen molar-refractivity contribution < 1.29 is 9.59 Å². The molecule has 0 spiro atoms. The van der Waals surface area contributed by atoms with E-state index in [0.29, 0.717) is 37.6 Å². The Morgan fingerprint density at radius 2 is 1.87 bits per heavy atom. The Morgan fingerprint density at radius 3 is 2.48 bits per heavy atom. The predicted octanol–water partition coefficient (Wildman–Crippen LogP) is 1.45. The maximum atomic E-state index is 12.4. The minimum atomic E-state index is 0.0706. The molecule has 2 atom stereocenters. The maximum Gasteiger partial charge on any atom is 0.222 e. The van der Waals surface area contributed by atoms with Crippen molar-refractivity contribution in [2.24, 2.45) is 11.7 Å². The molecule has 126 valence electrons. The summed E-state index contributed by atoms with van der Waals surface area (Å²) in [4.78, 5) is 27.4. The third-order valence-electron chi connectivity index (χ3n) is 4.60. The third-order valence-corrected chi connectivity index (χ3v) is 4.60. The number of carbonyl (C=O) groups is 2. The molecule has 0 radical (unpaired) electrons. The van der Waals surface area contributed by atoms with E-state index < -0.39 is 0 Å². The van der Waals surface area contributed by atoms with Gasteiger partial charge < -0.3 is 15.5 Å². The molecule has 5 nitrogen and oxygen atoms in total. The van der Waals surface area contributed by atoms with Gasteiger partial charge in [0, 0.05) is 45.9 Å². The number of benzene rings is 1. The van der Waals surface area contributed by atoms with Gasteiger partial charge in [0.2, 0.25) is 11.8 Å². The van der Waals surface area contributed by atoms with Gasteiger partial charge in [0.1, 0.15) is 0 Å². The monoisotopic (exact) mass is 317 g/mol. The summed E-state index contributed by atoms with van der Waals surface area (Å²) in [6.45, 7) is 2.03. The lowest BCUT2D eigenvalue weighted by molar-refractivity contribution is -0.131. The van der Waals surface area contributed by atoms with E-state index in [1.165, 1.54) is 5.56 Å². The molecule has 23 heavy (non-hydrogen) atoms. The van der Waals surface area contributed by atoms with Crippen LogP contribution in [0.3, 0.4) is 0 Å². The molecule has 2 rings (SSSR count). The fourth-order valence-corrected chi connectivity index (χ4v) is 3.16. The lowest BCUT2D eigenvalue weighted by Gasteiger charge is -2.17. The maximum absolute atomic E-state index is 12.4. The zero-order chi connectivity index (χ0) is 16.8. The molecule has 0 aliphatic carbocycles. The molecule has 1 heterocycles. The average molecular weight is 317 g/mol. The van der Waals surface area contributed by atoms with E-state index in [9.17, 15) is 9.59 Å². The second kappa shape index (κ2) is 8.11. The Labute approximate surface area is 138 Å². The molecule has 0 bridgehead atoms. The van der Waals surface area contributed by atoms with Crippen LogP contribution in [-0.4, -0.2) is 55.3 Å². The molecule has 0 unspecified atom stereocenters. The van der Waals surface area contributed by atoms with Gasteiger partial charge in [-0.1, -0.05) is 30.3 Å². The van der Waals surface area contributed by atoms with Gasteiger partial charge in [0.25, 0.3) is 0 Å². The highest BCUT2D eigenvalue weighted by molar-refractivity contribution is 5.79. The van der Waals surface area contributed by atoms with Crippen molar-refractivity contribution >= 4 is 11.8 Å². The van der Waals surface area contributed by atoms with Crippen LogP contribution in [0.15, 0.2) is 30.3 Å². The van der Waals surface area contributed by atoms with Gasteiger partial charge in [-0.15, -0.1) is 0 Å². The minimum absolute atomic E-state index is 0.0706. The summed E-state index contributed by atoms with van der Waals surface area (Å²) in [5.41, 5.74) is 7.16. The second-order valence-corrected chi connectivity index (χ2v) is 6.45. The molecule has 0 saturated carbocycles. The molecule has 1 aromatic rings. The molecular formula is C18H27N3O2. The molecule has 2 N–H and O–H groups in total. The third kappa shape index (κ3) is 4.55. The number of rotatable bonds is 6. The van der Waals surface area contributed by atoms with Crippen molar-refractivity contribution in [1.29, 1.82) is 0 Å². The van der Waals surface area contributed by atoms with Crippen LogP contribution < -0.4 is 5.73 Å². The number of nitrogens with two attached hydrogens (primary N) is 1. The van der Waals surface area contributed by atoms with Crippen molar-refractivity contribution in [1.82, 2.24) is 9.80 Å². The van der Waals surface area contributed by atoms with Gasteiger partial charge in [0.15, 0.2) is 0 Å². The van der Waals surface area contributed by atoms with Crippen molar-refractivity contribution in [2.45, 2.75) is 25.2 Å². The van der Waals surface area contributed by atoms with E-state index in [4.69, 9.17) is 5.73 Å². The normalized spacial score (nSPS) is 20.6. The second-order valence-electron chi connectivity index (χ2n) is 6.45. The van der Waals surface area contributed by atoms with Gasteiger partial charge in [-0.05, 0) is 24.4 Å². The standard InChI is InChI=1S/C18H27N3O2/c1-20(2)17(22)9-6-10-18(23)21-12-15(11-19)16(13-21)14-7-4-3-5-8-14/h3-5,7-8,15-16H,6,9-13,19H2,1-2H3/t15-,16+/m1/s1. The van der Waals surface area contributed by atoms with E-state index in [2.05, 4.69) is 12.1 Å².